The van der Waals surface area contributed by atoms with E-state index in [4.69, 9.17) is 13.9 Å². The number of esters is 1. The maximum absolute atomic E-state index is 13.6. The standard InChI is InChI=1S/C33H35FN2O8S/c1-35-32(37)30-28-18-27(22-7-8-22)25(17-29(28)44-31(30)23-9-11-26(34)12-10-23)20-45(39,40)36-13-14-42-15-16-43-19-21-3-5-24(6-4-21)33(38)41-2/h3-6,9-12,17-18,22,36H,7-8,13-16,19-20H2,1-2H3,(H,35,37). The number of sulfonamides is 1. The maximum atomic E-state index is 13.6. The lowest BCUT2D eigenvalue weighted by atomic mass is 9.98. The molecule has 0 bridgehead atoms. The molecule has 0 atom stereocenters. The molecule has 2 N–H and O–H groups in total. The number of fused-ring (bicyclic) bond motifs is 1. The molecule has 1 aliphatic rings. The summed E-state index contributed by atoms with van der Waals surface area (Å²) in [6.07, 6.45) is 1.86. The van der Waals surface area contributed by atoms with Crippen LogP contribution in [0.1, 0.15) is 56.2 Å². The van der Waals surface area contributed by atoms with Crippen molar-refractivity contribution in [3.8, 4) is 11.3 Å². The van der Waals surface area contributed by atoms with E-state index >= 15 is 0 Å². The van der Waals surface area contributed by atoms with Crippen molar-refractivity contribution in [3.05, 3.63) is 94.3 Å². The number of amides is 1. The minimum Gasteiger partial charge on any atom is -0.465 e. The zero-order valence-corrected chi connectivity index (χ0v) is 25.9. The molecule has 1 aromatic heterocycles. The van der Waals surface area contributed by atoms with Crippen molar-refractivity contribution in [2.75, 3.05) is 40.5 Å². The Balaban J connectivity index is 1.17. The molecule has 45 heavy (non-hydrogen) atoms. The Morgan fingerprint density at radius 3 is 2.36 bits per heavy atom. The molecule has 0 radical (unpaired) electrons. The molecule has 3 aromatic carbocycles. The summed E-state index contributed by atoms with van der Waals surface area (Å²) in [7, 11) is -0.862. The normalized spacial score (nSPS) is 13.2. The number of furan rings is 1. The van der Waals surface area contributed by atoms with Gasteiger partial charge in [-0.05, 0) is 84.0 Å². The van der Waals surface area contributed by atoms with Gasteiger partial charge in [0.1, 0.15) is 17.2 Å². The number of ether oxygens (including phenoxy) is 3. The summed E-state index contributed by atoms with van der Waals surface area (Å²) >= 11 is 0. The molecule has 12 heteroatoms. The van der Waals surface area contributed by atoms with Crippen molar-refractivity contribution in [2.24, 2.45) is 0 Å². The molecule has 0 saturated heterocycles. The number of hydrogen-bond donors (Lipinski definition) is 2. The van der Waals surface area contributed by atoms with Crippen molar-refractivity contribution in [1.29, 1.82) is 0 Å². The van der Waals surface area contributed by atoms with Gasteiger partial charge in [-0.25, -0.2) is 22.3 Å². The van der Waals surface area contributed by atoms with E-state index in [2.05, 4.69) is 14.8 Å². The van der Waals surface area contributed by atoms with Crippen LogP contribution < -0.4 is 10.0 Å². The van der Waals surface area contributed by atoms with Gasteiger partial charge < -0.3 is 23.9 Å². The highest BCUT2D eigenvalue weighted by Crippen LogP contribution is 2.45. The van der Waals surface area contributed by atoms with E-state index in [1.54, 1.807) is 30.3 Å². The Hall–Kier alpha value is -4.10. The van der Waals surface area contributed by atoms with E-state index in [0.29, 0.717) is 52.2 Å². The van der Waals surface area contributed by atoms with Gasteiger partial charge in [-0.3, -0.25) is 4.79 Å². The molecule has 0 aliphatic heterocycles. The molecule has 1 amide bonds. The van der Waals surface area contributed by atoms with Crippen LogP contribution >= 0.6 is 0 Å². The van der Waals surface area contributed by atoms with Crippen LogP contribution in [0, 0.1) is 5.82 Å². The van der Waals surface area contributed by atoms with Gasteiger partial charge in [0, 0.05) is 24.5 Å². The third-order valence-electron chi connectivity index (χ3n) is 7.46. The Morgan fingerprint density at radius 2 is 1.69 bits per heavy atom. The monoisotopic (exact) mass is 638 g/mol. The fraction of sp³-hybridized carbons (Fsp3) is 0.333. The Kier molecular flexibility index (Phi) is 10.3. The minimum absolute atomic E-state index is 0.0919. The third-order valence-corrected chi connectivity index (χ3v) is 8.79. The number of hydrogen-bond acceptors (Lipinski definition) is 8. The van der Waals surface area contributed by atoms with Gasteiger partial charge in [0.25, 0.3) is 5.91 Å². The van der Waals surface area contributed by atoms with Crippen molar-refractivity contribution in [3.63, 3.8) is 0 Å². The molecule has 1 saturated carbocycles. The molecule has 1 fully saturated rings. The fourth-order valence-electron chi connectivity index (χ4n) is 5.05. The van der Waals surface area contributed by atoms with E-state index in [-0.39, 0.29) is 37.3 Å². The highest BCUT2D eigenvalue weighted by Gasteiger charge is 2.31. The summed E-state index contributed by atoms with van der Waals surface area (Å²) in [6, 6.07) is 16.1. The van der Waals surface area contributed by atoms with Crippen LogP contribution in [0.15, 0.2) is 65.1 Å². The molecule has 0 unspecified atom stereocenters. The molecule has 0 spiro atoms. The van der Waals surface area contributed by atoms with Gasteiger partial charge in [0.05, 0.1) is 50.4 Å². The SMILES string of the molecule is CNC(=O)c1c(-c2ccc(F)cc2)oc2cc(CS(=O)(=O)NCCOCCOCc3ccc(C(=O)OC)cc3)c(C3CC3)cc12. The van der Waals surface area contributed by atoms with Gasteiger partial charge in [0.2, 0.25) is 10.0 Å². The zero-order valence-electron chi connectivity index (χ0n) is 25.1. The van der Waals surface area contributed by atoms with Crippen LogP contribution in [-0.2, 0) is 36.6 Å². The molecule has 5 rings (SSSR count). The fourth-order valence-corrected chi connectivity index (χ4v) is 6.20. The smallest absolute Gasteiger partial charge is 0.337 e. The Labute approximate surface area is 260 Å². The second-order valence-corrected chi connectivity index (χ2v) is 12.5. The maximum Gasteiger partial charge on any atom is 0.337 e. The van der Waals surface area contributed by atoms with Crippen LogP contribution in [-0.4, -0.2) is 60.8 Å². The van der Waals surface area contributed by atoms with Crippen LogP contribution in [0.4, 0.5) is 4.39 Å². The zero-order chi connectivity index (χ0) is 32.0. The molecule has 4 aromatic rings. The highest BCUT2D eigenvalue weighted by atomic mass is 32.2. The van der Waals surface area contributed by atoms with Crippen molar-refractivity contribution in [2.45, 2.75) is 31.1 Å². The van der Waals surface area contributed by atoms with Crippen LogP contribution in [0.3, 0.4) is 0 Å². The first-order valence-electron chi connectivity index (χ1n) is 14.6. The quantitative estimate of drug-likeness (QED) is 0.139. The van der Waals surface area contributed by atoms with Gasteiger partial charge >= 0.3 is 5.97 Å². The van der Waals surface area contributed by atoms with E-state index in [1.807, 2.05) is 6.07 Å². The summed E-state index contributed by atoms with van der Waals surface area (Å²) in [5, 5.41) is 3.23. The number of rotatable bonds is 15. The number of carbonyl (C=O) groups excluding carboxylic acids is 2. The Morgan fingerprint density at radius 1 is 0.978 bits per heavy atom. The van der Waals surface area contributed by atoms with Gasteiger partial charge in [-0.2, -0.15) is 0 Å². The molecule has 238 valence electrons. The first-order valence-corrected chi connectivity index (χ1v) is 16.2. The average molecular weight is 639 g/mol. The van der Waals surface area contributed by atoms with Crippen molar-refractivity contribution >= 4 is 32.9 Å². The molecular weight excluding hydrogens is 603 g/mol. The van der Waals surface area contributed by atoms with E-state index in [0.717, 1.165) is 24.0 Å². The highest BCUT2D eigenvalue weighted by molar-refractivity contribution is 7.88. The van der Waals surface area contributed by atoms with Gasteiger partial charge in [-0.15, -0.1) is 0 Å². The lowest BCUT2D eigenvalue weighted by Crippen LogP contribution is -2.29. The number of benzene rings is 3. The topological polar surface area (TPSA) is 133 Å². The van der Waals surface area contributed by atoms with Crippen LogP contribution in [0.5, 0.6) is 0 Å². The summed E-state index contributed by atoms with van der Waals surface area (Å²) in [4.78, 5) is 24.4. The number of nitrogens with one attached hydrogen (secondary N) is 2. The number of methoxy groups -OCH3 is 1. The van der Waals surface area contributed by atoms with Crippen molar-refractivity contribution in [1.82, 2.24) is 10.0 Å². The summed E-state index contributed by atoms with van der Waals surface area (Å²) < 4.78 is 64.1. The molecule has 1 aliphatic carbocycles. The Bertz CT molecular complexity index is 1770. The molecule has 1 heterocycles. The largest absolute Gasteiger partial charge is 0.465 e. The number of halogens is 1. The first kappa shape index (κ1) is 32.3. The summed E-state index contributed by atoms with van der Waals surface area (Å²) in [5.74, 6) is -0.920. The minimum atomic E-state index is -3.71. The van der Waals surface area contributed by atoms with E-state index in [9.17, 15) is 22.4 Å². The predicted molar refractivity (Wildman–Crippen MR) is 166 cm³/mol. The van der Waals surface area contributed by atoms with Crippen LogP contribution in [0.25, 0.3) is 22.3 Å². The average Bonchev–Trinajstić information content (AvgIpc) is 3.82. The summed E-state index contributed by atoms with van der Waals surface area (Å²) in [5.41, 5.74) is 4.08. The third kappa shape index (κ3) is 8.14. The second kappa shape index (κ2) is 14.3. The van der Waals surface area contributed by atoms with Gasteiger partial charge in [0.15, 0.2) is 0 Å². The lowest BCUT2D eigenvalue weighted by Gasteiger charge is -2.12. The second-order valence-electron chi connectivity index (χ2n) is 10.7. The van der Waals surface area contributed by atoms with Crippen molar-refractivity contribution < 1.29 is 41.0 Å². The molecular formula is C33H35FN2O8S. The predicted octanol–water partition coefficient (Wildman–Crippen LogP) is 4.92. The van der Waals surface area contributed by atoms with E-state index in [1.165, 1.54) is 38.4 Å². The summed E-state index contributed by atoms with van der Waals surface area (Å²) in [6.45, 7) is 1.20. The number of carbonyl (C=O) groups is 2. The van der Waals surface area contributed by atoms with Gasteiger partial charge in [-0.1, -0.05) is 12.1 Å². The molecule has 10 nitrogen and oxygen atoms in total. The first-order chi connectivity index (χ1) is 21.7. The van der Waals surface area contributed by atoms with Crippen LogP contribution in [0.2, 0.25) is 0 Å². The lowest BCUT2D eigenvalue weighted by molar-refractivity contribution is 0.0426. The van der Waals surface area contributed by atoms with E-state index < -0.39 is 21.8 Å².